The number of nitrogens with zero attached hydrogens (tertiary/aromatic N) is 2. The quantitative estimate of drug-likeness (QED) is 0.142. The summed E-state index contributed by atoms with van der Waals surface area (Å²) in [5, 5.41) is 3.48. The number of aromatic nitrogens is 2. The molecule has 0 fully saturated rings. The monoisotopic (exact) mass is 630 g/mol. The van der Waals surface area contributed by atoms with Crippen LogP contribution in [0.2, 0.25) is 0 Å². The maximum Gasteiger partial charge on any atom is 0.0608 e. The predicted molar refractivity (Wildman–Crippen MR) is 144 cm³/mol. The predicted octanol–water partition coefficient (Wildman–Crippen LogP) is 8.34. The number of aryl methyl sites for hydroxylation is 3. The normalized spacial score (nSPS) is 11.2. The first kappa shape index (κ1) is 23.2. The molecule has 0 saturated heterocycles. The molecule has 2 aromatic heterocycles. The molecule has 0 bridgehead atoms. The van der Waals surface area contributed by atoms with Crippen LogP contribution < -0.4 is 0 Å². The van der Waals surface area contributed by atoms with Crippen molar-refractivity contribution in [2.75, 3.05) is 0 Å². The third-order valence-corrected chi connectivity index (χ3v) is 6.90. The molecule has 0 aliphatic heterocycles. The molecule has 6 rings (SSSR count). The molecule has 0 atom stereocenters. The van der Waals surface area contributed by atoms with Crippen LogP contribution in [0.4, 0.5) is 0 Å². The molecule has 0 aliphatic carbocycles. The SMILES string of the molecule is C=Cc1ccc(-c2cc(C)c3c(c2)c2c(-c4c(C)cccc4C)cc[c-]c2c2nccn23)cc1.[Ir]. The average Bonchev–Trinajstić information content (AvgIpc) is 3.34. The Kier molecular flexibility index (Phi) is 5.92. The van der Waals surface area contributed by atoms with E-state index in [1.165, 1.54) is 55.2 Å². The standard InChI is InChI=1S/C32H25N2.Ir/c1-5-23-12-14-24(15-13-23)25-18-22(4)31-28(19-25)30-26(29-20(2)8-6-9-21(29)3)10-7-11-27(30)32-33-16-17-34(31)32;/h5-10,12-19H,1H2,2-4H3;/q-1;. The summed E-state index contributed by atoms with van der Waals surface area (Å²) in [6.45, 7) is 10.5. The van der Waals surface area contributed by atoms with Gasteiger partial charge in [0.25, 0.3) is 0 Å². The number of benzene rings is 4. The Labute approximate surface area is 219 Å². The van der Waals surface area contributed by atoms with Crippen molar-refractivity contribution in [2.45, 2.75) is 20.8 Å². The molecular formula is C32H25IrN2-. The van der Waals surface area contributed by atoms with E-state index in [0.29, 0.717) is 0 Å². The summed E-state index contributed by atoms with van der Waals surface area (Å²) in [6.07, 6.45) is 5.82. The van der Waals surface area contributed by atoms with E-state index in [0.717, 1.165) is 16.6 Å². The van der Waals surface area contributed by atoms with Gasteiger partial charge in [-0.15, -0.1) is 18.2 Å². The van der Waals surface area contributed by atoms with Crippen LogP contribution in [0.1, 0.15) is 22.3 Å². The molecule has 35 heavy (non-hydrogen) atoms. The summed E-state index contributed by atoms with van der Waals surface area (Å²) in [6, 6.07) is 27.5. The molecule has 6 aromatic rings. The number of pyridine rings is 1. The Morgan fingerprint density at radius 3 is 2.34 bits per heavy atom. The largest absolute Gasteiger partial charge is 0.340 e. The van der Waals surface area contributed by atoms with Crippen molar-refractivity contribution in [3.05, 3.63) is 114 Å². The van der Waals surface area contributed by atoms with Crippen LogP contribution in [0.25, 0.3) is 55.7 Å². The zero-order valence-electron chi connectivity index (χ0n) is 20.0. The van der Waals surface area contributed by atoms with Gasteiger partial charge in [-0.3, -0.25) is 4.98 Å². The van der Waals surface area contributed by atoms with Crippen LogP contribution in [0, 0.1) is 26.8 Å². The molecule has 0 unspecified atom stereocenters. The van der Waals surface area contributed by atoms with Gasteiger partial charge in [0.15, 0.2) is 0 Å². The fourth-order valence-corrected chi connectivity index (χ4v) is 5.34. The van der Waals surface area contributed by atoms with Gasteiger partial charge in [0.05, 0.1) is 5.65 Å². The van der Waals surface area contributed by atoms with Crippen LogP contribution in [0.5, 0.6) is 0 Å². The summed E-state index contributed by atoms with van der Waals surface area (Å²) in [5.41, 5.74) is 12.0. The molecular weight excluding hydrogens is 605 g/mol. The van der Waals surface area contributed by atoms with Crippen LogP contribution in [0.15, 0.2) is 85.7 Å². The molecule has 0 amide bonds. The molecule has 1 radical (unpaired) electrons. The summed E-state index contributed by atoms with van der Waals surface area (Å²) in [7, 11) is 0. The Balaban J connectivity index is 0.00000253. The van der Waals surface area contributed by atoms with Crippen LogP contribution in [-0.2, 0) is 20.1 Å². The van der Waals surface area contributed by atoms with Crippen molar-refractivity contribution >= 4 is 33.4 Å². The van der Waals surface area contributed by atoms with E-state index in [1.807, 2.05) is 18.3 Å². The maximum atomic E-state index is 4.74. The van der Waals surface area contributed by atoms with Gasteiger partial charge in [0.2, 0.25) is 0 Å². The second kappa shape index (κ2) is 8.92. The summed E-state index contributed by atoms with van der Waals surface area (Å²) in [4.78, 5) is 4.74. The molecule has 0 spiro atoms. The van der Waals surface area contributed by atoms with E-state index in [2.05, 4.69) is 105 Å². The van der Waals surface area contributed by atoms with Crippen molar-refractivity contribution in [3.8, 4) is 22.3 Å². The van der Waals surface area contributed by atoms with E-state index < -0.39 is 0 Å². The van der Waals surface area contributed by atoms with Crippen LogP contribution >= 0.6 is 0 Å². The topological polar surface area (TPSA) is 17.3 Å². The minimum atomic E-state index is 0. The molecule has 2 heterocycles. The minimum absolute atomic E-state index is 0. The summed E-state index contributed by atoms with van der Waals surface area (Å²) >= 11 is 0. The van der Waals surface area contributed by atoms with E-state index >= 15 is 0 Å². The molecule has 0 N–H and O–H groups in total. The van der Waals surface area contributed by atoms with E-state index in [-0.39, 0.29) is 20.1 Å². The fraction of sp³-hybridized carbons (Fsp3) is 0.0938. The molecule has 0 saturated carbocycles. The second-order valence-corrected chi connectivity index (χ2v) is 9.04. The van der Waals surface area contributed by atoms with E-state index in [1.54, 1.807) is 0 Å². The smallest absolute Gasteiger partial charge is 0.0608 e. The Morgan fingerprint density at radius 2 is 1.63 bits per heavy atom. The van der Waals surface area contributed by atoms with Crippen molar-refractivity contribution in [2.24, 2.45) is 0 Å². The average molecular weight is 630 g/mol. The van der Waals surface area contributed by atoms with Gasteiger partial charge >= 0.3 is 0 Å². The van der Waals surface area contributed by atoms with Gasteiger partial charge < -0.3 is 4.40 Å². The minimum Gasteiger partial charge on any atom is -0.340 e. The summed E-state index contributed by atoms with van der Waals surface area (Å²) < 4.78 is 2.21. The maximum absolute atomic E-state index is 4.74. The van der Waals surface area contributed by atoms with Gasteiger partial charge in [0.1, 0.15) is 0 Å². The second-order valence-electron chi connectivity index (χ2n) is 9.04. The van der Waals surface area contributed by atoms with Gasteiger partial charge in [-0.2, -0.15) is 0 Å². The Bertz CT molecular complexity index is 1720. The van der Waals surface area contributed by atoms with E-state index in [9.17, 15) is 0 Å². The van der Waals surface area contributed by atoms with Gasteiger partial charge in [-0.1, -0.05) is 77.5 Å². The zero-order chi connectivity index (χ0) is 23.4. The molecule has 173 valence electrons. The number of hydrogen-bond donors (Lipinski definition) is 0. The number of rotatable bonds is 3. The van der Waals surface area contributed by atoms with Gasteiger partial charge in [-0.05, 0) is 71.2 Å². The molecule has 4 aromatic carbocycles. The van der Waals surface area contributed by atoms with Gasteiger partial charge in [0, 0.05) is 38.0 Å². The van der Waals surface area contributed by atoms with Crippen molar-refractivity contribution in [3.63, 3.8) is 0 Å². The zero-order valence-corrected chi connectivity index (χ0v) is 22.4. The summed E-state index contributed by atoms with van der Waals surface area (Å²) in [5.74, 6) is 0. The molecule has 2 nitrogen and oxygen atoms in total. The van der Waals surface area contributed by atoms with Crippen molar-refractivity contribution < 1.29 is 20.1 Å². The first-order valence-corrected chi connectivity index (χ1v) is 11.6. The first-order valence-electron chi connectivity index (χ1n) is 11.6. The van der Waals surface area contributed by atoms with Crippen LogP contribution in [-0.4, -0.2) is 9.38 Å². The molecule has 0 aliphatic rings. The number of imidazole rings is 1. The number of fused-ring (bicyclic) bond motifs is 6. The van der Waals surface area contributed by atoms with Crippen molar-refractivity contribution in [1.82, 2.24) is 9.38 Å². The van der Waals surface area contributed by atoms with E-state index in [4.69, 9.17) is 4.98 Å². The van der Waals surface area contributed by atoms with Gasteiger partial charge in [-0.25, -0.2) is 0 Å². The fourth-order valence-electron chi connectivity index (χ4n) is 5.34. The molecule has 3 heteroatoms. The first-order chi connectivity index (χ1) is 16.6. The number of hydrogen-bond acceptors (Lipinski definition) is 1. The Morgan fingerprint density at radius 1 is 0.886 bits per heavy atom. The third-order valence-electron chi connectivity index (χ3n) is 6.90. The van der Waals surface area contributed by atoms with Crippen molar-refractivity contribution in [1.29, 1.82) is 0 Å². The third kappa shape index (κ3) is 3.63. The Hall–Kier alpha value is -3.52. The van der Waals surface area contributed by atoms with Crippen LogP contribution in [0.3, 0.4) is 0 Å².